The number of nitrogens with zero attached hydrogens (tertiary/aromatic N) is 1. The first-order valence-corrected chi connectivity index (χ1v) is 6.47. The molecular formula is C12H11NO3S2. The van der Waals surface area contributed by atoms with E-state index in [0.29, 0.717) is 15.3 Å². The minimum atomic E-state index is -1.02. The third-order valence-electron chi connectivity index (χ3n) is 2.44. The summed E-state index contributed by atoms with van der Waals surface area (Å²) in [5.74, 6) is -1.07. The summed E-state index contributed by atoms with van der Waals surface area (Å²) in [4.78, 5) is 11.4. The Labute approximate surface area is 113 Å². The SMILES string of the molecule is O=C(O)Cn1c(O)c(Cc2ccccc2)sc1=S. The topological polar surface area (TPSA) is 62.5 Å². The van der Waals surface area contributed by atoms with Crippen molar-refractivity contribution in [2.24, 2.45) is 0 Å². The van der Waals surface area contributed by atoms with Crippen LogP contribution in [0.2, 0.25) is 0 Å². The van der Waals surface area contributed by atoms with Gasteiger partial charge in [0.25, 0.3) is 0 Å². The Morgan fingerprint density at radius 2 is 2.00 bits per heavy atom. The molecule has 0 spiro atoms. The van der Waals surface area contributed by atoms with Gasteiger partial charge in [-0.05, 0) is 17.8 Å². The molecule has 1 aromatic carbocycles. The molecule has 0 fully saturated rings. The van der Waals surface area contributed by atoms with E-state index in [-0.39, 0.29) is 12.4 Å². The molecule has 0 saturated carbocycles. The van der Waals surface area contributed by atoms with Crippen molar-refractivity contribution < 1.29 is 15.0 Å². The summed E-state index contributed by atoms with van der Waals surface area (Å²) >= 11 is 6.30. The summed E-state index contributed by atoms with van der Waals surface area (Å²) in [6.07, 6.45) is 0.549. The monoisotopic (exact) mass is 281 g/mol. The van der Waals surface area contributed by atoms with Gasteiger partial charge in [-0.3, -0.25) is 9.36 Å². The lowest BCUT2D eigenvalue weighted by Gasteiger charge is -2.02. The largest absolute Gasteiger partial charge is 0.494 e. The second-order valence-corrected chi connectivity index (χ2v) is 5.49. The number of carboxylic acid groups (broad SMARTS) is 1. The highest BCUT2D eigenvalue weighted by atomic mass is 32.1. The van der Waals surface area contributed by atoms with E-state index in [1.54, 1.807) is 0 Å². The highest BCUT2D eigenvalue weighted by Crippen LogP contribution is 2.28. The van der Waals surface area contributed by atoms with Crippen molar-refractivity contribution >= 4 is 29.5 Å². The quantitative estimate of drug-likeness (QED) is 0.846. The van der Waals surface area contributed by atoms with Gasteiger partial charge in [-0.1, -0.05) is 30.3 Å². The van der Waals surface area contributed by atoms with Crippen LogP contribution in [0.5, 0.6) is 5.88 Å². The van der Waals surface area contributed by atoms with E-state index < -0.39 is 5.97 Å². The van der Waals surface area contributed by atoms with E-state index in [2.05, 4.69) is 0 Å². The molecule has 6 heteroatoms. The zero-order valence-corrected chi connectivity index (χ0v) is 11.0. The van der Waals surface area contributed by atoms with Crippen LogP contribution in [0.25, 0.3) is 0 Å². The number of rotatable bonds is 4. The molecule has 2 N–H and O–H groups in total. The van der Waals surface area contributed by atoms with Gasteiger partial charge in [-0.25, -0.2) is 0 Å². The molecular weight excluding hydrogens is 270 g/mol. The van der Waals surface area contributed by atoms with Gasteiger partial charge < -0.3 is 10.2 Å². The van der Waals surface area contributed by atoms with E-state index >= 15 is 0 Å². The lowest BCUT2D eigenvalue weighted by Crippen LogP contribution is -2.08. The average molecular weight is 281 g/mol. The Balaban J connectivity index is 2.30. The molecule has 0 bridgehead atoms. The smallest absolute Gasteiger partial charge is 0.323 e. The molecule has 18 heavy (non-hydrogen) atoms. The zero-order valence-electron chi connectivity index (χ0n) is 9.37. The highest BCUT2D eigenvalue weighted by Gasteiger charge is 2.14. The van der Waals surface area contributed by atoms with Gasteiger partial charge in [0.15, 0.2) is 3.95 Å². The van der Waals surface area contributed by atoms with Crippen LogP contribution in [0.4, 0.5) is 0 Å². The minimum absolute atomic E-state index is 0.0451. The number of aliphatic carboxylic acids is 1. The van der Waals surface area contributed by atoms with Crippen LogP contribution in [0.3, 0.4) is 0 Å². The van der Waals surface area contributed by atoms with Crippen LogP contribution in [-0.2, 0) is 17.8 Å². The maximum absolute atomic E-state index is 10.7. The van der Waals surface area contributed by atoms with E-state index in [1.165, 1.54) is 15.9 Å². The van der Waals surface area contributed by atoms with Crippen LogP contribution in [0.1, 0.15) is 10.4 Å². The van der Waals surface area contributed by atoms with E-state index in [0.717, 1.165) is 5.56 Å². The van der Waals surface area contributed by atoms with Crippen molar-refractivity contribution in [2.45, 2.75) is 13.0 Å². The Kier molecular flexibility index (Phi) is 3.78. The summed E-state index contributed by atoms with van der Waals surface area (Å²) < 4.78 is 1.61. The second kappa shape index (κ2) is 5.32. The lowest BCUT2D eigenvalue weighted by molar-refractivity contribution is -0.137. The summed E-state index contributed by atoms with van der Waals surface area (Å²) in [7, 11) is 0. The van der Waals surface area contributed by atoms with Crippen LogP contribution < -0.4 is 0 Å². The Bertz CT molecular complexity index is 616. The summed E-state index contributed by atoms with van der Waals surface area (Å²) in [6, 6.07) is 9.65. The van der Waals surface area contributed by atoms with Crippen molar-refractivity contribution in [1.82, 2.24) is 4.57 Å². The van der Waals surface area contributed by atoms with E-state index in [4.69, 9.17) is 17.3 Å². The zero-order chi connectivity index (χ0) is 13.1. The van der Waals surface area contributed by atoms with Crippen LogP contribution >= 0.6 is 23.6 Å². The Morgan fingerprint density at radius 1 is 1.33 bits per heavy atom. The average Bonchev–Trinajstić information content (AvgIpc) is 2.58. The summed E-state index contributed by atoms with van der Waals surface area (Å²) in [5.41, 5.74) is 1.05. The van der Waals surface area contributed by atoms with Gasteiger partial charge in [0.1, 0.15) is 6.54 Å². The maximum atomic E-state index is 10.7. The van der Waals surface area contributed by atoms with Crippen molar-refractivity contribution in [3.63, 3.8) is 0 Å². The molecule has 0 aliphatic carbocycles. The summed E-state index contributed by atoms with van der Waals surface area (Å²) in [6.45, 7) is -0.310. The lowest BCUT2D eigenvalue weighted by atomic mass is 10.1. The van der Waals surface area contributed by atoms with Crippen LogP contribution in [0, 0.1) is 3.95 Å². The van der Waals surface area contributed by atoms with Crippen LogP contribution in [0.15, 0.2) is 30.3 Å². The predicted octanol–water partition coefficient (Wildman–Crippen LogP) is 2.66. The molecule has 0 amide bonds. The molecule has 2 aromatic rings. The first-order chi connectivity index (χ1) is 8.58. The number of carbonyl (C=O) groups is 1. The molecule has 0 saturated heterocycles. The molecule has 1 aromatic heterocycles. The van der Waals surface area contributed by atoms with Crippen molar-refractivity contribution in [2.75, 3.05) is 0 Å². The maximum Gasteiger partial charge on any atom is 0.323 e. The molecule has 0 unspecified atom stereocenters. The first kappa shape index (κ1) is 12.8. The Morgan fingerprint density at radius 3 is 2.61 bits per heavy atom. The molecule has 94 valence electrons. The van der Waals surface area contributed by atoms with Crippen molar-refractivity contribution in [3.05, 3.63) is 44.7 Å². The molecule has 0 aliphatic rings. The molecule has 2 rings (SSSR count). The van der Waals surface area contributed by atoms with Gasteiger partial charge in [-0.2, -0.15) is 0 Å². The van der Waals surface area contributed by atoms with Crippen molar-refractivity contribution in [1.29, 1.82) is 0 Å². The number of hydrogen-bond acceptors (Lipinski definition) is 4. The first-order valence-electron chi connectivity index (χ1n) is 5.25. The fourth-order valence-electron chi connectivity index (χ4n) is 1.61. The Hall–Kier alpha value is -1.66. The number of thiazole rings is 1. The van der Waals surface area contributed by atoms with Gasteiger partial charge in [-0.15, -0.1) is 11.3 Å². The van der Waals surface area contributed by atoms with Crippen molar-refractivity contribution in [3.8, 4) is 5.88 Å². The van der Waals surface area contributed by atoms with Gasteiger partial charge in [0, 0.05) is 6.42 Å². The third-order valence-corrected chi connectivity index (χ3v) is 3.88. The number of hydrogen-bond donors (Lipinski definition) is 2. The standard InChI is InChI=1S/C12H11NO3S2/c14-10(15)7-13-11(16)9(18-12(13)17)6-8-4-2-1-3-5-8/h1-5,16H,6-7H2,(H,14,15). The van der Waals surface area contributed by atoms with E-state index in [9.17, 15) is 9.90 Å². The fraction of sp³-hybridized carbons (Fsp3) is 0.167. The molecule has 1 heterocycles. The molecule has 0 atom stereocenters. The summed E-state index contributed by atoms with van der Waals surface area (Å²) in [5, 5.41) is 18.7. The van der Waals surface area contributed by atoms with Gasteiger partial charge >= 0.3 is 5.97 Å². The second-order valence-electron chi connectivity index (χ2n) is 3.76. The van der Waals surface area contributed by atoms with Crippen LogP contribution in [-0.4, -0.2) is 20.7 Å². The predicted molar refractivity (Wildman–Crippen MR) is 71.7 cm³/mol. The van der Waals surface area contributed by atoms with Gasteiger partial charge in [0.2, 0.25) is 5.88 Å². The normalized spacial score (nSPS) is 10.4. The number of aromatic nitrogens is 1. The molecule has 4 nitrogen and oxygen atoms in total. The highest BCUT2D eigenvalue weighted by molar-refractivity contribution is 7.73. The molecule has 0 radical (unpaired) electrons. The molecule has 0 aliphatic heterocycles. The van der Waals surface area contributed by atoms with Gasteiger partial charge in [0.05, 0.1) is 4.88 Å². The third kappa shape index (κ3) is 2.77. The fourth-order valence-corrected chi connectivity index (χ4v) is 2.98. The minimum Gasteiger partial charge on any atom is -0.494 e. The number of carboxylic acids is 1. The number of aromatic hydroxyl groups is 1. The van der Waals surface area contributed by atoms with E-state index in [1.807, 2.05) is 30.3 Å². The number of benzene rings is 1.